The van der Waals surface area contributed by atoms with Crippen LogP contribution in [-0.4, -0.2) is 30.5 Å². The van der Waals surface area contributed by atoms with Crippen molar-refractivity contribution < 1.29 is 13.9 Å². The average molecular weight is 275 g/mol. The molecule has 0 bridgehead atoms. The summed E-state index contributed by atoms with van der Waals surface area (Å²) in [6, 6.07) is 9.68. The molecule has 1 rings (SSSR count). The molecule has 0 saturated heterocycles. The normalized spacial score (nSPS) is 9.35. The van der Waals surface area contributed by atoms with Crippen molar-refractivity contribution in [3.8, 4) is 17.9 Å². The number of ether oxygens (including phenoxy) is 1. The summed E-state index contributed by atoms with van der Waals surface area (Å²) in [6.45, 7) is -0.0270. The summed E-state index contributed by atoms with van der Waals surface area (Å²) >= 11 is 0. The molecule has 0 aliphatic rings. The summed E-state index contributed by atoms with van der Waals surface area (Å²) in [4.78, 5) is 12.9. The van der Waals surface area contributed by atoms with Gasteiger partial charge in [0.2, 0.25) is 5.91 Å². The third-order valence-corrected chi connectivity index (χ3v) is 2.51. The van der Waals surface area contributed by atoms with Crippen molar-refractivity contribution in [2.45, 2.75) is 12.8 Å². The molecule has 0 radical (unpaired) electrons. The van der Waals surface area contributed by atoms with Crippen LogP contribution in [0.25, 0.3) is 0 Å². The van der Waals surface area contributed by atoms with Crippen LogP contribution in [0.15, 0.2) is 24.3 Å². The van der Waals surface area contributed by atoms with Crippen molar-refractivity contribution in [1.82, 2.24) is 4.90 Å². The Balaban J connectivity index is 2.34. The highest BCUT2D eigenvalue weighted by atomic mass is 19.1. The molecule has 0 aliphatic heterocycles. The molecule has 0 saturated carbocycles. The van der Waals surface area contributed by atoms with Gasteiger partial charge in [0.15, 0.2) is 11.6 Å². The first-order valence-electron chi connectivity index (χ1n) is 6.08. The SMILES string of the molecule is N#CCN(CC#N)C(=O)CCCOc1ccccc1F. The molecular formula is C14H14FN3O2. The van der Waals surface area contributed by atoms with E-state index in [0.717, 1.165) is 0 Å². The summed E-state index contributed by atoms with van der Waals surface area (Å²) in [5, 5.41) is 17.1. The molecular weight excluding hydrogens is 261 g/mol. The standard InChI is InChI=1S/C14H14FN3O2/c15-12-4-1-2-5-13(12)20-11-3-6-14(19)18(9-7-16)10-8-17/h1-2,4-5H,3,6,9-11H2. The summed E-state index contributed by atoms with van der Waals surface area (Å²) in [5.41, 5.74) is 0. The van der Waals surface area contributed by atoms with Crippen molar-refractivity contribution in [1.29, 1.82) is 10.5 Å². The van der Waals surface area contributed by atoms with Crippen molar-refractivity contribution in [2.75, 3.05) is 19.7 Å². The number of carbonyl (C=O) groups excluding carboxylic acids is 1. The molecule has 0 unspecified atom stereocenters. The number of hydrogen-bond acceptors (Lipinski definition) is 4. The second-order valence-corrected chi connectivity index (χ2v) is 3.95. The van der Waals surface area contributed by atoms with Crippen LogP contribution in [0.3, 0.4) is 0 Å². The fourth-order valence-corrected chi connectivity index (χ4v) is 1.53. The molecule has 0 N–H and O–H groups in total. The maximum Gasteiger partial charge on any atom is 0.224 e. The zero-order valence-electron chi connectivity index (χ0n) is 10.9. The Morgan fingerprint density at radius 2 is 1.90 bits per heavy atom. The van der Waals surface area contributed by atoms with E-state index in [1.165, 1.54) is 17.0 Å². The second-order valence-electron chi connectivity index (χ2n) is 3.95. The monoisotopic (exact) mass is 275 g/mol. The van der Waals surface area contributed by atoms with Crippen molar-refractivity contribution in [3.63, 3.8) is 0 Å². The van der Waals surface area contributed by atoms with Gasteiger partial charge in [0.05, 0.1) is 18.7 Å². The number of halogens is 1. The van der Waals surface area contributed by atoms with Gasteiger partial charge in [-0.05, 0) is 18.6 Å². The second kappa shape index (κ2) is 8.49. The number of carbonyl (C=O) groups is 1. The summed E-state index contributed by atoms with van der Waals surface area (Å²) in [7, 11) is 0. The van der Waals surface area contributed by atoms with E-state index in [1.54, 1.807) is 12.1 Å². The van der Waals surface area contributed by atoms with Crippen LogP contribution in [-0.2, 0) is 4.79 Å². The fraction of sp³-hybridized carbons (Fsp3) is 0.357. The lowest BCUT2D eigenvalue weighted by Crippen LogP contribution is -2.31. The van der Waals surface area contributed by atoms with Gasteiger partial charge in [0.25, 0.3) is 0 Å². The first kappa shape index (κ1) is 15.5. The molecule has 104 valence electrons. The van der Waals surface area contributed by atoms with Gasteiger partial charge in [0.1, 0.15) is 13.1 Å². The number of amides is 1. The number of para-hydroxylation sites is 1. The van der Waals surface area contributed by atoms with E-state index in [0.29, 0.717) is 6.42 Å². The van der Waals surface area contributed by atoms with E-state index in [2.05, 4.69) is 0 Å². The molecule has 20 heavy (non-hydrogen) atoms. The third kappa shape index (κ3) is 4.95. The van der Waals surface area contributed by atoms with E-state index in [9.17, 15) is 9.18 Å². The first-order valence-corrected chi connectivity index (χ1v) is 6.08. The van der Waals surface area contributed by atoms with Gasteiger partial charge < -0.3 is 9.64 Å². The molecule has 0 spiro atoms. The van der Waals surface area contributed by atoms with Crippen LogP contribution in [0.4, 0.5) is 4.39 Å². The molecule has 0 atom stereocenters. The Labute approximate surface area is 116 Å². The highest BCUT2D eigenvalue weighted by molar-refractivity contribution is 5.76. The lowest BCUT2D eigenvalue weighted by Gasteiger charge is -2.15. The molecule has 1 aromatic carbocycles. The Bertz CT molecular complexity index is 518. The lowest BCUT2D eigenvalue weighted by atomic mass is 10.3. The number of rotatable bonds is 7. The quantitative estimate of drug-likeness (QED) is 0.562. The predicted octanol–water partition coefficient (Wildman–Crippen LogP) is 1.86. The topological polar surface area (TPSA) is 77.1 Å². The molecule has 0 aliphatic carbocycles. The lowest BCUT2D eigenvalue weighted by molar-refractivity contribution is -0.130. The van der Waals surface area contributed by atoms with Crippen molar-refractivity contribution in [2.24, 2.45) is 0 Å². The van der Waals surface area contributed by atoms with Crippen LogP contribution >= 0.6 is 0 Å². The van der Waals surface area contributed by atoms with E-state index < -0.39 is 5.82 Å². The highest BCUT2D eigenvalue weighted by Crippen LogP contribution is 2.15. The van der Waals surface area contributed by atoms with Crippen molar-refractivity contribution in [3.05, 3.63) is 30.1 Å². The Kier molecular flexibility index (Phi) is 6.56. The van der Waals surface area contributed by atoms with E-state index in [4.69, 9.17) is 15.3 Å². The third-order valence-electron chi connectivity index (χ3n) is 2.51. The van der Waals surface area contributed by atoms with Crippen LogP contribution in [0, 0.1) is 28.5 Å². The van der Waals surface area contributed by atoms with E-state index in [-0.39, 0.29) is 37.8 Å². The van der Waals surface area contributed by atoms with Gasteiger partial charge in [-0.2, -0.15) is 10.5 Å². The number of benzene rings is 1. The number of hydrogen-bond donors (Lipinski definition) is 0. The molecule has 5 nitrogen and oxygen atoms in total. The average Bonchev–Trinajstić information content (AvgIpc) is 2.45. The predicted molar refractivity (Wildman–Crippen MR) is 68.9 cm³/mol. The van der Waals surface area contributed by atoms with E-state index >= 15 is 0 Å². The highest BCUT2D eigenvalue weighted by Gasteiger charge is 2.12. The minimum Gasteiger partial charge on any atom is -0.491 e. The number of nitrogens with zero attached hydrogens (tertiary/aromatic N) is 3. The fourth-order valence-electron chi connectivity index (χ4n) is 1.53. The zero-order valence-corrected chi connectivity index (χ0v) is 10.9. The smallest absolute Gasteiger partial charge is 0.224 e. The Morgan fingerprint density at radius 3 is 2.50 bits per heavy atom. The maximum absolute atomic E-state index is 13.2. The van der Waals surface area contributed by atoms with E-state index in [1.807, 2.05) is 12.1 Å². The van der Waals surface area contributed by atoms with Gasteiger partial charge >= 0.3 is 0 Å². The summed E-state index contributed by atoms with van der Waals surface area (Å²) in [6.07, 6.45) is 0.540. The minimum atomic E-state index is -0.450. The van der Waals surface area contributed by atoms with Crippen LogP contribution in [0.5, 0.6) is 5.75 Å². The van der Waals surface area contributed by atoms with Gasteiger partial charge in [-0.25, -0.2) is 4.39 Å². The van der Waals surface area contributed by atoms with Gasteiger partial charge in [0, 0.05) is 6.42 Å². The number of nitriles is 2. The molecule has 6 heteroatoms. The Morgan fingerprint density at radius 1 is 1.25 bits per heavy atom. The van der Waals surface area contributed by atoms with Crippen LogP contribution in [0.2, 0.25) is 0 Å². The Hall–Kier alpha value is -2.60. The molecule has 1 aromatic rings. The molecule has 1 amide bonds. The molecule has 0 aromatic heterocycles. The van der Waals surface area contributed by atoms with Gasteiger partial charge in [-0.1, -0.05) is 12.1 Å². The minimum absolute atomic E-state index is 0.111. The van der Waals surface area contributed by atoms with Crippen molar-refractivity contribution >= 4 is 5.91 Å². The molecule has 0 fully saturated rings. The largest absolute Gasteiger partial charge is 0.491 e. The maximum atomic E-state index is 13.2. The van der Waals surface area contributed by atoms with Gasteiger partial charge in [-0.15, -0.1) is 0 Å². The zero-order chi connectivity index (χ0) is 14.8. The summed E-state index contributed by atoms with van der Waals surface area (Å²) < 4.78 is 18.4. The molecule has 0 heterocycles. The first-order chi connectivity index (χ1) is 9.69. The van der Waals surface area contributed by atoms with Crippen LogP contribution in [0.1, 0.15) is 12.8 Å². The summed E-state index contributed by atoms with van der Waals surface area (Å²) in [5.74, 6) is -0.592. The van der Waals surface area contributed by atoms with Gasteiger partial charge in [-0.3, -0.25) is 4.79 Å². The van der Waals surface area contributed by atoms with Crippen LogP contribution < -0.4 is 4.74 Å².